The molecule has 3 N–H and O–H groups in total. The lowest BCUT2D eigenvalue weighted by molar-refractivity contribution is -0.123. The molecule has 1 aromatic rings. The van der Waals surface area contributed by atoms with Gasteiger partial charge in [0.15, 0.2) is 0 Å². The van der Waals surface area contributed by atoms with Crippen LogP contribution in [0.1, 0.15) is 26.2 Å². The van der Waals surface area contributed by atoms with Crippen molar-refractivity contribution in [1.82, 2.24) is 0 Å². The number of halogens is 1. The van der Waals surface area contributed by atoms with E-state index in [4.69, 9.17) is 10.5 Å². The van der Waals surface area contributed by atoms with E-state index in [-0.39, 0.29) is 18.3 Å². The number of nitrogens with two attached hydrogens (primary N) is 1. The number of carbonyl (C=O) groups is 1. The first-order chi connectivity index (χ1) is 8.14. The average Bonchev–Trinajstić information content (AvgIpc) is 2.26. The second-order valence-corrected chi connectivity index (χ2v) is 4.42. The predicted molar refractivity (Wildman–Crippen MR) is 74.3 cm³/mol. The minimum absolute atomic E-state index is 0. The second kappa shape index (κ2) is 6.07. The third kappa shape index (κ3) is 3.15. The highest BCUT2D eigenvalue weighted by molar-refractivity contribution is 5.98. The summed E-state index contributed by atoms with van der Waals surface area (Å²) in [5.74, 6) is 0.655. The normalized spacial score (nSPS) is 16.1. The minimum Gasteiger partial charge on any atom is -0.494 e. The van der Waals surface area contributed by atoms with E-state index in [1.54, 1.807) is 0 Å². The average molecular weight is 271 g/mol. The number of amides is 1. The highest BCUT2D eigenvalue weighted by Gasteiger charge is 2.40. The molecule has 0 unspecified atom stereocenters. The van der Waals surface area contributed by atoms with Gasteiger partial charge in [0.25, 0.3) is 0 Å². The Morgan fingerprint density at radius 3 is 2.78 bits per heavy atom. The summed E-state index contributed by atoms with van der Waals surface area (Å²) in [5, 5.41) is 2.84. The van der Waals surface area contributed by atoms with Gasteiger partial charge < -0.3 is 15.8 Å². The molecule has 0 heterocycles. The van der Waals surface area contributed by atoms with E-state index < -0.39 is 5.54 Å². The van der Waals surface area contributed by atoms with E-state index in [0.29, 0.717) is 6.61 Å². The molecule has 0 spiro atoms. The molecule has 2 rings (SSSR count). The Morgan fingerprint density at radius 2 is 2.22 bits per heavy atom. The van der Waals surface area contributed by atoms with Crippen molar-refractivity contribution in [2.45, 2.75) is 31.7 Å². The smallest absolute Gasteiger partial charge is 0.244 e. The molecule has 18 heavy (non-hydrogen) atoms. The van der Waals surface area contributed by atoms with E-state index in [0.717, 1.165) is 30.7 Å². The molecule has 1 saturated carbocycles. The van der Waals surface area contributed by atoms with E-state index >= 15 is 0 Å². The number of hydrogen-bond acceptors (Lipinski definition) is 3. The highest BCUT2D eigenvalue weighted by Crippen LogP contribution is 2.30. The van der Waals surface area contributed by atoms with Crippen LogP contribution in [0.5, 0.6) is 5.75 Å². The van der Waals surface area contributed by atoms with E-state index in [2.05, 4.69) is 5.32 Å². The first-order valence-corrected chi connectivity index (χ1v) is 5.97. The summed E-state index contributed by atoms with van der Waals surface area (Å²) in [6, 6.07) is 7.36. The molecule has 0 atom stereocenters. The van der Waals surface area contributed by atoms with Crippen molar-refractivity contribution in [2.75, 3.05) is 11.9 Å². The summed E-state index contributed by atoms with van der Waals surface area (Å²) in [7, 11) is 0. The number of nitrogens with one attached hydrogen (secondary N) is 1. The molecule has 1 amide bonds. The third-order valence-electron chi connectivity index (χ3n) is 3.10. The Bertz CT molecular complexity index is 419. The molecule has 5 heteroatoms. The molecule has 1 aliphatic rings. The molecule has 4 nitrogen and oxygen atoms in total. The SMILES string of the molecule is CCOc1cccc(NC(=O)C2(N)CCC2)c1.Cl. The van der Waals surface area contributed by atoms with Crippen molar-refractivity contribution in [3.8, 4) is 5.75 Å². The number of rotatable bonds is 4. The van der Waals surface area contributed by atoms with E-state index in [1.165, 1.54) is 0 Å². The van der Waals surface area contributed by atoms with Crippen LogP contribution < -0.4 is 15.8 Å². The molecular weight excluding hydrogens is 252 g/mol. The molecule has 1 aromatic carbocycles. The summed E-state index contributed by atoms with van der Waals surface area (Å²) in [4.78, 5) is 11.9. The summed E-state index contributed by atoms with van der Waals surface area (Å²) in [5.41, 5.74) is 6.02. The van der Waals surface area contributed by atoms with Gasteiger partial charge in [-0.3, -0.25) is 4.79 Å². The van der Waals surface area contributed by atoms with E-state index in [9.17, 15) is 4.79 Å². The number of ether oxygens (including phenoxy) is 1. The summed E-state index contributed by atoms with van der Waals surface area (Å²) >= 11 is 0. The Morgan fingerprint density at radius 1 is 1.50 bits per heavy atom. The van der Waals surface area contributed by atoms with Gasteiger partial charge in [0, 0.05) is 11.8 Å². The van der Waals surface area contributed by atoms with Crippen molar-refractivity contribution in [3.63, 3.8) is 0 Å². The lowest BCUT2D eigenvalue weighted by Crippen LogP contribution is -2.56. The van der Waals surface area contributed by atoms with Crippen LogP contribution in [0.2, 0.25) is 0 Å². The van der Waals surface area contributed by atoms with Gasteiger partial charge in [0.2, 0.25) is 5.91 Å². The number of carbonyl (C=O) groups excluding carboxylic acids is 1. The van der Waals surface area contributed by atoms with Crippen LogP contribution in [-0.4, -0.2) is 18.1 Å². The number of anilines is 1. The van der Waals surface area contributed by atoms with Gasteiger partial charge >= 0.3 is 0 Å². The third-order valence-corrected chi connectivity index (χ3v) is 3.10. The van der Waals surface area contributed by atoms with Gasteiger partial charge in [0.1, 0.15) is 5.75 Å². The van der Waals surface area contributed by atoms with Crippen molar-refractivity contribution in [1.29, 1.82) is 0 Å². The Kier molecular flexibility index (Phi) is 4.99. The standard InChI is InChI=1S/C13H18N2O2.ClH/c1-2-17-11-6-3-5-10(9-11)15-12(16)13(14)7-4-8-13;/h3,5-6,9H,2,4,7-8,14H2,1H3,(H,15,16);1H. The zero-order valence-electron chi connectivity index (χ0n) is 10.4. The topological polar surface area (TPSA) is 64.3 Å². The van der Waals surface area contributed by atoms with Crippen LogP contribution in [0.15, 0.2) is 24.3 Å². The summed E-state index contributed by atoms with van der Waals surface area (Å²) < 4.78 is 5.37. The van der Waals surface area contributed by atoms with Crippen LogP contribution in [0.4, 0.5) is 5.69 Å². The first-order valence-electron chi connectivity index (χ1n) is 5.97. The van der Waals surface area contributed by atoms with Gasteiger partial charge in [-0.15, -0.1) is 12.4 Å². The van der Waals surface area contributed by atoms with Gasteiger partial charge in [-0.05, 0) is 38.3 Å². The molecule has 0 radical (unpaired) electrons. The zero-order valence-corrected chi connectivity index (χ0v) is 11.3. The summed E-state index contributed by atoms with van der Waals surface area (Å²) in [6.45, 7) is 2.53. The molecule has 1 fully saturated rings. The highest BCUT2D eigenvalue weighted by atomic mass is 35.5. The van der Waals surface area contributed by atoms with Crippen molar-refractivity contribution in [3.05, 3.63) is 24.3 Å². The van der Waals surface area contributed by atoms with Crippen LogP contribution in [0.3, 0.4) is 0 Å². The Labute approximate surface area is 113 Å². The lowest BCUT2D eigenvalue weighted by Gasteiger charge is -2.36. The fourth-order valence-electron chi connectivity index (χ4n) is 1.87. The predicted octanol–water partition coefficient (Wildman–Crippen LogP) is 2.33. The number of benzene rings is 1. The number of hydrogen-bond donors (Lipinski definition) is 2. The fourth-order valence-corrected chi connectivity index (χ4v) is 1.87. The van der Waals surface area contributed by atoms with Crippen LogP contribution >= 0.6 is 12.4 Å². The maximum Gasteiger partial charge on any atom is 0.244 e. The van der Waals surface area contributed by atoms with Crippen LogP contribution in [0.25, 0.3) is 0 Å². The largest absolute Gasteiger partial charge is 0.494 e. The molecule has 0 bridgehead atoms. The molecule has 1 aliphatic carbocycles. The summed E-state index contributed by atoms with van der Waals surface area (Å²) in [6.07, 6.45) is 2.57. The first kappa shape index (κ1) is 14.8. The molecule has 0 aliphatic heterocycles. The fraction of sp³-hybridized carbons (Fsp3) is 0.462. The molecular formula is C13H19ClN2O2. The molecule has 0 saturated heterocycles. The second-order valence-electron chi connectivity index (χ2n) is 4.42. The maximum absolute atomic E-state index is 11.9. The quantitative estimate of drug-likeness (QED) is 0.883. The lowest BCUT2D eigenvalue weighted by atomic mass is 9.77. The van der Waals surface area contributed by atoms with Gasteiger partial charge in [-0.25, -0.2) is 0 Å². The minimum atomic E-state index is -0.665. The zero-order chi connectivity index (χ0) is 12.3. The molecule has 100 valence electrons. The maximum atomic E-state index is 11.9. The van der Waals surface area contributed by atoms with Gasteiger partial charge in [-0.2, -0.15) is 0 Å². The van der Waals surface area contributed by atoms with Crippen molar-refractivity contribution < 1.29 is 9.53 Å². The van der Waals surface area contributed by atoms with E-state index in [1.807, 2.05) is 31.2 Å². The monoisotopic (exact) mass is 270 g/mol. The van der Waals surface area contributed by atoms with Crippen molar-refractivity contribution in [2.24, 2.45) is 5.73 Å². The van der Waals surface area contributed by atoms with Crippen LogP contribution in [-0.2, 0) is 4.79 Å². The molecule has 0 aromatic heterocycles. The van der Waals surface area contributed by atoms with Gasteiger partial charge in [0.05, 0.1) is 12.1 Å². The Hall–Kier alpha value is -1.26. The Balaban J connectivity index is 0.00000162. The van der Waals surface area contributed by atoms with Gasteiger partial charge in [-0.1, -0.05) is 6.07 Å². The van der Waals surface area contributed by atoms with Crippen LogP contribution in [0, 0.1) is 0 Å². The van der Waals surface area contributed by atoms with Crippen molar-refractivity contribution >= 4 is 24.0 Å².